The van der Waals surface area contributed by atoms with Gasteiger partial charge in [-0.15, -0.1) is 11.3 Å². The number of benzene rings is 1. The molecule has 0 bridgehead atoms. The van der Waals surface area contributed by atoms with E-state index in [4.69, 9.17) is 0 Å². The summed E-state index contributed by atoms with van der Waals surface area (Å²) >= 11 is 1.44. The zero-order valence-corrected chi connectivity index (χ0v) is 10.0. The smallest absolute Gasteiger partial charge is 0.257 e. The summed E-state index contributed by atoms with van der Waals surface area (Å²) in [5, 5.41) is 2.44. The maximum Gasteiger partial charge on any atom is 0.257 e. The van der Waals surface area contributed by atoms with Gasteiger partial charge in [-0.2, -0.15) is 0 Å². The van der Waals surface area contributed by atoms with E-state index in [-0.39, 0.29) is 11.3 Å². The highest BCUT2D eigenvalue weighted by Gasteiger charge is 2.30. The zero-order valence-electron chi connectivity index (χ0n) is 9.19. The number of hydrogen-bond acceptors (Lipinski definition) is 3. The molecule has 0 aliphatic heterocycles. The molecule has 2 heterocycles. The molecule has 1 N–H and O–H groups in total. The molecule has 0 saturated heterocycles. The Hall–Kier alpha value is -2.20. The molecule has 0 radical (unpaired) electrons. The second-order valence-electron chi connectivity index (χ2n) is 4.24. The van der Waals surface area contributed by atoms with E-state index in [1.807, 2.05) is 23.6 Å². The number of hydrogen-bond donors (Lipinski definition) is 1. The van der Waals surface area contributed by atoms with Crippen LogP contribution in [0.2, 0.25) is 0 Å². The van der Waals surface area contributed by atoms with Gasteiger partial charge < -0.3 is 4.98 Å². The summed E-state index contributed by atoms with van der Waals surface area (Å²) in [5.74, 6) is 0.00398. The Balaban J connectivity index is 2.26. The lowest BCUT2D eigenvalue weighted by molar-refractivity contribution is 0.104. The van der Waals surface area contributed by atoms with Crippen LogP contribution in [0.5, 0.6) is 0 Å². The van der Waals surface area contributed by atoms with Gasteiger partial charge in [-0.1, -0.05) is 24.3 Å². The number of ketones is 1. The summed E-state index contributed by atoms with van der Waals surface area (Å²) in [4.78, 5) is 27.2. The maximum atomic E-state index is 12.4. The van der Waals surface area contributed by atoms with Gasteiger partial charge in [0.1, 0.15) is 0 Å². The van der Waals surface area contributed by atoms with Crippen molar-refractivity contribution in [2.24, 2.45) is 0 Å². The Morgan fingerprint density at radius 3 is 2.61 bits per heavy atom. The minimum absolute atomic E-state index is 0.00398. The molecule has 0 unspecified atom stereocenters. The van der Waals surface area contributed by atoms with E-state index in [0.717, 1.165) is 10.3 Å². The molecule has 0 spiro atoms. The summed E-state index contributed by atoms with van der Waals surface area (Å²) in [6.07, 6.45) is 0. The Bertz CT molecular complexity index is 873. The minimum Gasteiger partial charge on any atom is -0.321 e. The largest absolute Gasteiger partial charge is 0.321 e. The monoisotopic (exact) mass is 253 g/mol. The lowest BCUT2D eigenvalue weighted by atomic mass is 10.1. The molecular weight excluding hydrogens is 246 g/mol. The van der Waals surface area contributed by atoms with Crippen LogP contribution in [0.3, 0.4) is 0 Å². The lowest BCUT2D eigenvalue weighted by Gasteiger charge is -1.99. The minimum atomic E-state index is -0.130. The van der Waals surface area contributed by atoms with E-state index in [2.05, 4.69) is 4.98 Å². The molecule has 1 aliphatic carbocycles. The molecule has 1 aliphatic rings. The molecule has 18 heavy (non-hydrogen) atoms. The van der Waals surface area contributed by atoms with Crippen LogP contribution in [-0.4, -0.2) is 10.8 Å². The van der Waals surface area contributed by atoms with Gasteiger partial charge in [0.2, 0.25) is 0 Å². The molecule has 0 atom stereocenters. The molecule has 3 aromatic rings. The van der Waals surface area contributed by atoms with E-state index in [0.29, 0.717) is 22.2 Å². The summed E-state index contributed by atoms with van der Waals surface area (Å²) in [7, 11) is 0. The van der Waals surface area contributed by atoms with Gasteiger partial charge in [-0.05, 0) is 11.4 Å². The first-order valence-electron chi connectivity index (χ1n) is 5.55. The van der Waals surface area contributed by atoms with E-state index in [1.54, 1.807) is 12.1 Å². The highest BCUT2D eigenvalue weighted by molar-refractivity contribution is 7.17. The third kappa shape index (κ3) is 1.03. The van der Waals surface area contributed by atoms with E-state index < -0.39 is 0 Å². The number of aromatic nitrogens is 1. The Morgan fingerprint density at radius 2 is 1.78 bits per heavy atom. The van der Waals surface area contributed by atoms with Crippen LogP contribution in [-0.2, 0) is 0 Å². The first-order chi connectivity index (χ1) is 8.77. The fourth-order valence-electron chi connectivity index (χ4n) is 2.49. The second-order valence-corrected chi connectivity index (χ2v) is 5.16. The fraction of sp³-hybridized carbons (Fsp3) is 0. The number of aromatic amines is 1. The van der Waals surface area contributed by atoms with Crippen molar-refractivity contribution in [2.75, 3.05) is 0 Å². The molecular formula is C14H7NO2S. The number of carbonyl (C=O) groups excluding carboxylic acids is 1. The third-order valence-electron chi connectivity index (χ3n) is 3.29. The first-order valence-corrected chi connectivity index (χ1v) is 6.43. The second kappa shape index (κ2) is 3.17. The van der Waals surface area contributed by atoms with Crippen LogP contribution >= 0.6 is 11.3 Å². The number of pyridine rings is 1. The van der Waals surface area contributed by atoms with Crippen molar-refractivity contribution < 1.29 is 4.79 Å². The van der Waals surface area contributed by atoms with Crippen molar-refractivity contribution in [1.82, 2.24) is 4.98 Å². The summed E-state index contributed by atoms with van der Waals surface area (Å²) < 4.78 is 0.787. The molecule has 2 aromatic heterocycles. The van der Waals surface area contributed by atoms with Crippen LogP contribution in [0.1, 0.15) is 15.9 Å². The van der Waals surface area contributed by atoms with Gasteiger partial charge in [-0.25, -0.2) is 0 Å². The molecule has 0 saturated carbocycles. The fourth-order valence-corrected chi connectivity index (χ4v) is 3.43. The Morgan fingerprint density at radius 1 is 1.00 bits per heavy atom. The molecule has 86 valence electrons. The Labute approximate surface area is 106 Å². The quantitative estimate of drug-likeness (QED) is 0.524. The van der Waals surface area contributed by atoms with Crippen molar-refractivity contribution in [3.63, 3.8) is 0 Å². The van der Waals surface area contributed by atoms with E-state index in [9.17, 15) is 9.59 Å². The average molecular weight is 253 g/mol. The van der Waals surface area contributed by atoms with Gasteiger partial charge in [0, 0.05) is 11.1 Å². The van der Waals surface area contributed by atoms with E-state index >= 15 is 0 Å². The highest BCUT2D eigenvalue weighted by atomic mass is 32.1. The van der Waals surface area contributed by atoms with Gasteiger partial charge in [-0.3, -0.25) is 9.59 Å². The van der Waals surface area contributed by atoms with Crippen molar-refractivity contribution >= 4 is 27.2 Å². The maximum absolute atomic E-state index is 12.4. The van der Waals surface area contributed by atoms with Crippen molar-refractivity contribution in [3.8, 4) is 11.3 Å². The third-order valence-corrected chi connectivity index (χ3v) is 4.23. The first kappa shape index (κ1) is 9.79. The standard InChI is InChI=1S/C14H7NO2S/c16-12-8-4-2-1-3-7(8)11-10(12)13-9(5-6-18-13)14(17)15-11/h1-6H,(H,15,17). The predicted molar refractivity (Wildman–Crippen MR) is 71.3 cm³/mol. The number of carbonyl (C=O) groups is 1. The van der Waals surface area contributed by atoms with Gasteiger partial charge >= 0.3 is 0 Å². The zero-order chi connectivity index (χ0) is 12.3. The van der Waals surface area contributed by atoms with Crippen LogP contribution in [0.15, 0.2) is 40.5 Å². The average Bonchev–Trinajstić information content (AvgIpc) is 2.95. The molecule has 3 nitrogen and oxygen atoms in total. The van der Waals surface area contributed by atoms with Gasteiger partial charge in [0.15, 0.2) is 5.78 Å². The summed E-state index contributed by atoms with van der Waals surface area (Å²) in [6.45, 7) is 0. The van der Waals surface area contributed by atoms with Crippen molar-refractivity contribution in [2.45, 2.75) is 0 Å². The van der Waals surface area contributed by atoms with Crippen LogP contribution in [0, 0.1) is 0 Å². The predicted octanol–water partition coefficient (Wildman–Crippen LogP) is 2.80. The molecule has 0 amide bonds. The van der Waals surface area contributed by atoms with E-state index in [1.165, 1.54) is 11.3 Å². The molecule has 4 heteroatoms. The van der Waals surface area contributed by atoms with Crippen molar-refractivity contribution in [1.29, 1.82) is 0 Å². The van der Waals surface area contributed by atoms with Crippen LogP contribution in [0.4, 0.5) is 0 Å². The van der Waals surface area contributed by atoms with Crippen LogP contribution < -0.4 is 5.56 Å². The normalized spacial score (nSPS) is 12.8. The SMILES string of the molecule is O=C1c2ccccc2-c2[nH]c(=O)c3ccsc3c21. The number of rotatable bonds is 0. The highest BCUT2D eigenvalue weighted by Crippen LogP contribution is 2.38. The summed E-state index contributed by atoms with van der Waals surface area (Å²) in [5.41, 5.74) is 2.67. The van der Waals surface area contributed by atoms with Gasteiger partial charge in [0.05, 0.1) is 21.3 Å². The molecule has 4 rings (SSSR count). The topological polar surface area (TPSA) is 49.9 Å². The number of fused-ring (bicyclic) bond motifs is 5. The number of thiophene rings is 1. The Kier molecular flexibility index (Phi) is 1.73. The molecule has 0 fully saturated rings. The number of H-pyrrole nitrogens is 1. The van der Waals surface area contributed by atoms with Crippen LogP contribution in [0.25, 0.3) is 21.3 Å². The summed E-state index contributed by atoms with van der Waals surface area (Å²) in [6, 6.07) is 9.14. The number of nitrogens with one attached hydrogen (secondary N) is 1. The van der Waals surface area contributed by atoms with Crippen molar-refractivity contribution in [3.05, 3.63) is 57.2 Å². The van der Waals surface area contributed by atoms with Gasteiger partial charge in [0.25, 0.3) is 5.56 Å². The molecule has 1 aromatic carbocycles. The lowest BCUT2D eigenvalue weighted by Crippen LogP contribution is -2.08.